The lowest BCUT2D eigenvalue weighted by molar-refractivity contribution is -0.141. The number of likely N-dealkylation sites (N-methyl/N-ethyl adjacent to an activating group) is 1. The van der Waals surface area contributed by atoms with E-state index in [1.54, 1.807) is 45.0 Å². The molecule has 15 heteroatoms. The van der Waals surface area contributed by atoms with Crippen molar-refractivity contribution < 1.29 is 36.7 Å². The molecule has 0 spiro atoms. The van der Waals surface area contributed by atoms with Crippen LogP contribution in [-0.4, -0.2) is 57.8 Å². The molecule has 1 atom stereocenters. The number of methoxy groups -OCH3 is 1. The average molecular weight is 593 g/mol. The first-order valence-electron chi connectivity index (χ1n) is 12.2. The van der Waals surface area contributed by atoms with Crippen molar-refractivity contribution in [1.29, 1.82) is 0 Å². The van der Waals surface area contributed by atoms with Gasteiger partial charge in [-0.1, -0.05) is 12.1 Å². The van der Waals surface area contributed by atoms with E-state index in [-0.39, 0.29) is 23.2 Å². The molecule has 1 aromatic carbocycles. The predicted octanol–water partition coefficient (Wildman–Crippen LogP) is 5.55. The summed E-state index contributed by atoms with van der Waals surface area (Å²) in [5.74, 6) is -0.195. The van der Waals surface area contributed by atoms with E-state index in [2.05, 4.69) is 20.6 Å². The Hall–Kier alpha value is -4.40. The number of alkyl carbamates (subject to hydrolysis) is 1. The lowest BCUT2D eigenvalue weighted by Gasteiger charge is -2.24. The molecule has 4 aromatic rings. The first kappa shape index (κ1) is 29.6. The number of ether oxygens (including phenoxy) is 2. The van der Waals surface area contributed by atoms with Crippen molar-refractivity contribution in [3.8, 4) is 34.5 Å². The molecule has 0 unspecified atom stereocenters. The van der Waals surface area contributed by atoms with Gasteiger partial charge in [-0.25, -0.2) is 9.48 Å². The third-order valence-corrected chi connectivity index (χ3v) is 6.56. The minimum Gasteiger partial charge on any atom is -0.496 e. The maximum absolute atomic E-state index is 13.7. The van der Waals surface area contributed by atoms with E-state index in [1.165, 1.54) is 37.4 Å². The molecule has 0 aliphatic carbocycles. The van der Waals surface area contributed by atoms with Crippen LogP contribution in [0.25, 0.3) is 28.7 Å². The fraction of sp³-hybridized carbons (Fsp3) is 0.346. The minimum atomic E-state index is -4.75. The number of alkyl halides is 3. The van der Waals surface area contributed by atoms with Crippen LogP contribution in [0.1, 0.15) is 33.4 Å². The Morgan fingerprint density at radius 3 is 2.46 bits per heavy atom. The van der Waals surface area contributed by atoms with Crippen LogP contribution >= 0.6 is 11.3 Å². The van der Waals surface area contributed by atoms with Crippen molar-refractivity contribution in [2.75, 3.05) is 19.1 Å². The second-order valence-corrected chi connectivity index (χ2v) is 10.7. The maximum Gasteiger partial charge on any atom is 0.435 e. The van der Waals surface area contributed by atoms with Crippen LogP contribution in [0, 0.1) is 0 Å². The SMILES string of the molecule is COc1ccccc1-c1nnc(-c2cc(C(F)(F)F)nn2-c2csc(N(C)C(=O)[C@H](C)NC(=O)OC(C)(C)C)c2)o1. The van der Waals surface area contributed by atoms with Crippen molar-refractivity contribution >= 4 is 28.3 Å². The molecule has 2 amide bonds. The van der Waals surface area contributed by atoms with Crippen LogP contribution in [0.3, 0.4) is 0 Å². The van der Waals surface area contributed by atoms with E-state index in [0.29, 0.717) is 16.3 Å². The van der Waals surface area contributed by atoms with Crippen LogP contribution in [0.4, 0.5) is 23.0 Å². The normalized spacial score (nSPS) is 12.6. The summed E-state index contributed by atoms with van der Waals surface area (Å²) >= 11 is 1.09. The molecule has 4 rings (SSSR count). The number of hydrogen-bond acceptors (Lipinski definition) is 9. The summed E-state index contributed by atoms with van der Waals surface area (Å²) in [5, 5.41) is 16.1. The maximum atomic E-state index is 13.7. The van der Waals surface area contributed by atoms with Gasteiger partial charge in [0.15, 0.2) is 5.69 Å². The third kappa shape index (κ3) is 6.67. The second-order valence-electron chi connectivity index (χ2n) is 9.85. The number of benzene rings is 1. The zero-order chi connectivity index (χ0) is 30.1. The van der Waals surface area contributed by atoms with Gasteiger partial charge in [0.05, 0.1) is 23.4 Å². The van der Waals surface area contributed by atoms with Gasteiger partial charge < -0.3 is 24.1 Å². The Morgan fingerprint density at radius 2 is 1.80 bits per heavy atom. The lowest BCUT2D eigenvalue weighted by atomic mass is 10.2. The highest BCUT2D eigenvalue weighted by atomic mass is 32.1. The largest absolute Gasteiger partial charge is 0.496 e. The molecule has 0 saturated carbocycles. The van der Waals surface area contributed by atoms with Crippen molar-refractivity contribution in [3.05, 3.63) is 47.5 Å². The van der Waals surface area contributed by atoms with Crippen molar-refractivity contribution in [2.24, 2.45) is 0 Å². The van der Waals surface area contributed by atoms with Gasteiger partial charge in [-0.3, -0.25) is 4.79 Å². The number of hydrogen-bond donors (Lipinski definition) is 1. The van der Waals surface area contributed by atoms with Crippen molar-refractivity contribution in [1.82, 2.24) is 25.3 Å². The topological polar surface area (TPSA) is 125 Å². The molecule has 1 N–H and O–H groups in total. The Balaban J connectivity index is 1.63. The molecule has 0 saturated heterocycles. The standard InChI is InChI=1S/C26H27F3N6O5S/c1-14(30-24(37)40-25(2,3)4)23(36)34(5)20-11-15(13-41-20)35-17(12-19(33-35)26(27,28)29)22-32-31-21(39-22)16-9-7-8-10-18(16)38-6/h7-14H,1-6H3,(H,30,37)/t14-/m0/s1. The average Bonchev–Trinajstić information content (AvgIpc) is 3.65. The van der Waals surface area contributed by atoms with Gasteiger partial charge in [-0.15, -0.1) is 21.5 Å². The fourth-order valence-corrected chi connectivity index (χ4v) is 4.52. The molecule has 0 radical (unpaired) electrons. The monoisotopic (exact) mass is 592 g/mol. The predicted molar refractivity (Wildman–Crippen MR) is 144 cm³/mol. The number of nitrogens with one attached hydrogen (secondary N) is 1. The fourth-order valence-electron chi connectivity index (χ4n) is 3.67. The summed E-state index contributed by atoms with van der Waals surface area (Å²) in [7, 11) is 2.94. The van der Waals surface area contributed by atoms with E-state index in [0.717, 1.165) is 22.1 Å². The van der Waals surface area contributed by atoms with Gasteiger partial charge in [0.1, 0.15) is 23.1 Å². The van der Waals surface area contributed by atoms with Crippen molar-refractivity contribution in [2.45, 2.75) is 45.5 Å². The highest BCUT2D eigenvalue weighted by Gasteiger charge is 2.36. The summed E-state index contributed by atoms with van der Waals surface area (Å²) in [6.07, 6.45) is -5.51. The van der Waals surface area contributed by atoms with Crippen molar-refractivity contribution in [3.63, 3.8) is 0 Å². The quantitative estimate of drug-likeness (QED) is 0.296. The molecular formula is C26H27F3N6O5S. The van der Waals surface area contributed by atoms with Gasteiger partial charge >= 0.3 is 12.3 Å². The van der Waals surface area contributed by atoms with Crippen LogP contribution in [0.15, 0.2) is 46.2 Å². The number of carbonyl (C=O) groups excluding carboxylic acids is 2. The lowest BCUT2D eigenvalue weighted by Crippen LogP contribution is -2.47. The first-order chi connectivity index (χ1) is 19.2. The molecule has 0 aliphatic rings. The van der Waals surface area contributed by atoms with Crippen LogP contribution in [0.2, 0.25) is 0 Å². The molecule has 218 valence electrons. The molecule has 11 nitrogen and oxygen atoms in total. The Labute approximate surface area is 236 Å². The summed E-state index contributed by atoms with van der Waals surface area (Å²) in [4.78, 5) is 26.3. The van der Waals surface area contributed by atoms with Crippen LogP contribution < -0.4 is 15.0 Å². The Kier molecular flexibility index (Phi) is 8.10. The van der Waals surface area contributed by atoms with Gasteiger partial charge in [0, 0.05) is 18.5 Å². The number of halogens is 3. The number of thiophene rings is 1. The summed E-state index contributed by atoms with van der Waals surface area (Å²) in [6, 6.07) is 8.17. The zero-order valence-electron chi connectivity index (χ0n) is 22.9. The Morgan fingerprint density at radius 1 is 1.12 bits per heavy atom. The van der Waals surface area contributed by atoms with Gasteiger partial charge in [0.25, 0.3) is 11.8 Å². The highest BCUT2D eigenvalue weighted by molar-refractivity contribution is 7.14. The minimum absolute atomic E-state index is 0.0431. The molecule has 3 aromatic heterocycles. The molecule has 0 fully saturated rings. The zero-order valence-corrected chi connectivity index (χ0v) is 23.8. The van der Waals surface area contributed by atoms with E-state index >= 15 is 0 Å². The summed E-state index contributed by atoms with van der Waals surface area (Å²) in [6.45, 7) is 6.58. The van der Waals surface area contributed by atoms with Gasteiger partial charge in [-0.05, 0) is 45.9 Å². The van der Waals surface area contributed by atoms with Crippen LogP contribution in [-0.2, 0) is 15.7 Å². The molecule has 0 aliphatic heterocycles. The number of nitrogens with zero attached hydrogens (tertiary/aromatic N) is 5. The van der Waals surface area contributed by atoms with E-state index < -0.39 is 35.5 Å². The number of amides is 2. The third-order valence-electron chi connectivity index (χ3n) is 5.56. The number of para-hydroxylation sites is 1. The molecule has 3 heterocycles. The number of rotatable bonds is 7. The number of anilines is 1. The summed E-state index contributed by atoms with van der Waals surface area (Å²) in [5.41, 5.74) is -1.34. The van der Waals surface area contributed by atoms with E-state index in [1.807, 2.05) is 0 Å². The van der Waals surface area contributed by atoms with Crippen LogP contribution in [0.5, 0.6) is 5.75 Å². The van der Waals surface area contributed by atoms with Gasteiger partial charge in [-0.2, -0.15) is 18.3 Å². The second kappa shape index (κ2) is 11.2. The molecular weight excluding hydrogens is 565 g/mol. The molecule has 0 bridgehead atoms. The van der Waals surface area contributed by atoms with Gasteiger partial charge in [0.2, 0.25) is 5.91 Å². The molecule has 41 heavy (non-hydrogen) atoms. The Bertz CT molecular complexity index is 1560. The highest BCUT2D eigenvalue weighted by Crippen LogP contribution is 2.36. The van der Waals surface area contributed by atoms with E-state index in [9.17, 15) is 22.8 Å². The number of carbonyl (C=O) groups is 2. The first-order valence-corrected chi connectivity index (χ1v) is 13.1. The summed E-state index contributed by atoms with van der Waals surface area (Å²) < 4.78 is 58.2. The van der Waals surface area contributed by atoms with E-state index in [4.69, 9.17) is 13.9 Å². The number of aromatic nitrogens is 4. The smallest absolute Gasteiger partial charge is 0.435 e.